The summed E-state index contributed by atoms with van der Waals surface area (Å²) in [7, 11) is 1.65. The van der Waals surface area contributed by atoms with Crippen LogP contribution in [0.3, 0.4) is 0 Å². The number of ether oxygens (including phenoxy) is 1. The Morgan fingerprint density at radius 1 is 1.39 bits per heavy atom. The Balaban J connectivity index is 1.76. The molecule has 3 rings (SSSR count). The molecule has 0 amide bonds. The predicted molar refractivity (Wildman–Crippen MR) is 68.7 cm³/mol. The fraction of sp³-hybridized carbons (Fsp3) is 0.429. The minimum absolute atomic E-state index is 0.0589. The van der Waals surface area contributed by atoms with Crippen LogP contribution in [0.15, 0.2) is 28.7 Å². The molecule has 4 nitrogen and oxygen atoms in total. The number of methoxy groups -OCH3 is 1. The molecular weight excluding hydrogens is 230 g/mol. The first-order valence-corrected chi connectivity index (χ1v) is 6.17. The van der Waals surface area contributed by atoms with Crippen molar-refractivity contribution in [3.63, 3.8) is 0 Å². The van der Waals surface area contributed by atoms with Crippen LogP contribution in [0.4, 0.5) is 0 Å². The summed E-state index contributed by atoms with van der Waals surface area (Å²) in [4.78, 5) is 0. The molecule has 2 N–H and O–H groups in total. The number of hydrogen-bond acceptors (Lipinski definition) is 4. The van der Waals surface area contributed by atoms with E-state index in [4.69, 9.17) is 9.15 Å². The molecule has 1 aromatic heterocycles. The van der Waals surface area contributed by atoms with Gasteiger partial charge in [0.25, 0.3) is 0 Å². The Labute approximate surface area is 106 Å². The highest BCUT2D eigenvalue weighted by Crippen LogP contribution is 2.35. The van der Waals surface area contributed by atoms with Crippen molar-refractivity contribution in [2.24, 2.45) is 0 Å². The monoisotopic (exact) mass is 247 g/mol. The number of fused-ring (bicyclic) bond motifs is 1. The summed E-state index contributed by atoms with van der Waals surface area (Å²) in [6, 6.07) is 7.77. The summed E-state index contributed by atoms with van der Waals surface area (Å²) in [5, 5.41) is 13.6. The van der Waals surface area contributed by atoms with Crippen molar-refractivity contribution in [1.82, 2.24) is 5.32 Å². The topological polar surface area (TPSA) is 54.6 Å². The van der Waals surface area contributed by atoms with Gasteiger partial charge in [-0.05, 0) is 37.1 Å². The standard InChI is InChI=1S/C14H17NO3/c1-17-11-2-3-13-10(6-11)7-12(18-13)8-15-14(9-16)4-5-14/h2-3,6-7,15-16H,4-5,8-9H2,1H3. The molecule has 0 saturated heterocycles. The van der Waals surface area contributed by atoms with Crippen LogP contribution in [0, 0.1) is 0 Å². The molecule has 4 heteroatoms. The zero-order valence-electron chi connectivity index (χ0n) is 10.4. The lowest BCUT2D eigenvalue weighted by Gasteiger charge is -2.12. The van der Waals surface area contributed by atoms with E-state index in [9.17, 15) is 5.11 Å². The average molecular weight is 247 g/mol. The minimum Gasteiger partial charge on any atom is -0.497 e. The molecular formula is C14H17NO3. The van der Waals surface area contributed by atoms with Crippen molar-refractivity contribution in [2.45, 2.75) is 24.9 Å². The number of hydrogen-bond donors (Lipinski definition) is 2. The van der Waals surface area contributed by atoms with Gasteiger partial charge in [0.15, 0.2) is 0 Å². The third kappa shape index (κ3) is 2.09. The average Bonchev–Trinajstić information content (AvgIpc) is 3.08. The molecule has 96 valence electrons. The zero-order chi connectivity index (χ0) is 12.6. The second-order valence-electron chi connectivity index (χ2n) is 4.91. The normalized spacial score (nSPS) is 17.0. The molecule has 0 spiro atoms. The number of benzene rings is 1. The summed E-state index contributed by atoms with van der Waals surface area (Å²) >= 11 is 0. The predicted octanol–water partition coefficient (Wildman–Crippen LogP) is 2.06. The van der Waals surface area contributed by atoms with Gasteiger partial charge in [-0.3, -0.25) is 0 Å². The summed E-state index contributed by atoms with van der Waals surface area (Å²) < 4.78 is 10.9. The summed E-state index contributed by atoms with van der Waals surface area (Å²) in [5.41, 5.74) is 0.804. The summed E-state index contributed by atoms with van der Waals surface area (Å²) in [6.07, 6.45) is 2.08. The first kappa shape index (κ1) is 11.6. The molecule has 18 heavy (non-hydrogen) atoms. The summed E-state index contributed by atoms with van der Waals surface area (Å²) in [6.45, 7) is 0.846. The van der Waals surface area contributed by atoms with Crippen molar-refractivity contribution in [3.8, 4) is 5.75 Å². The van der Waals surface area contributed by atoms with E-state index in [1.54, 1.807) is 7.11 Å². The second kappa shape index (κ2) is 4.30. The Morgan fingerprint density at radius 2 is 2.22 bits per heavy atom. The number of rotatable bonds is 5. The van der Waals surface area contributed by atoms with Crippen LogP contribution in [0.5, 0.6) is 5.75 Å². The molecule has 1 fully saturated rings. The van der Waals surface area contributed by atoms with Gasteiger partial charge in [0.2, 0.25) is 0 Å². The van der Waals surface area contributed by atoms with E-state index >= 15 is 0 Å². The highest BCUT2D eigenvalue weighted by Gasteiger charge is 2.41. The maximum absolute atomic E-state index is 9.23. The molecule has 0 atom stereocenters. The molecule has 0 unspecified atom stereocenters. The van der Waals surface area contributed by atoms with Gasteiger partial charge in [0, 0.05) is 10.9 Å². The molecule has 1 saturated carbocycles. The van der Waals surface area contributed by atoms with Crippen molar-refractivity contribution in [3.05, 3.63) is 30.0 Å². The summed E-state index contributed by atoms with van der Waals surface area (Å²) in [5.74, 6) is 1.72. The van der Waals surface area contributed by atoms with E-state index in [1.165, 1.54) is 0 Å². The smallest absolute Gasteiger partial charge is 0.134 e. The fourth-order valence-electron chi connectivity index (χ4n) is 2.11. The van der Waals surface area contributed by atoms with Gasteiger partial charge in [-0.25, -0.2) is 0 Å². The second-order valence-corrected chi connectivity index (χ2v) is 4.91. The lowest BCUT2D eigenvalue weighted by Crippen LogP contribution is -2.33. The van der Waals surface area contributed by atoms with E-state index in [-0.39, 0.29) is 12.1 Å². The van der Waals surface area contributed by atoms with Crippen LogP contribution in [0.2, 0.25) is 0 Å². The maximum Gasteiger partial charge on any atom is 0.134 e. The van der Waals surface area contributed by atoms with Crippen LogP contribution >= 0.6 is 0 Å². The van der Waals surface area contributed by atoms with E-state index in [0.29, 0.717) is 6.54 Å². The molecule has 1 aliphatic carbocycles. The Kier molecular flexibility index (Phi) is 2.76. The van der Waals surface area contributed by atoms with Crippen LogP contribution in [-0.4, -0.2) is 24.4 Å². The fourth-order valence-corrected chi connectivity index (χ4v) is 2.11. The lowest BCUT2D eigenvalue weighted by atomic mass is 10.2. The Morgan fingerprint density at radius 3 is 2.89 bits per heavy atom. The van der Waals surface area contributed by atoms with E-state index in [2.05, 4.69) is 5.32 Å². The third-order valence-electron chi connectivity index (χ3n) is 3.57. The van der Waals surface area contributed by atoms with Gasteiger partial charge in [-0.2, -0.15) is 0 Å². The maximum atomic E-state index is 9.23. The SMILES string of the molecule is COc1ccc2oc(CNC3(CO)CC3)cc2c1. The van der Waals surface area contributed by atoms with Crippen LogP contribution < -0.4 is 10.1 Å². The molecule has 1 aliphatic rings. The van der Waals surface area contributed by atoms with Crippen LogP contribution in [0.25, 0.3) is 11.0 Å². The van der Waals surface area contributed by atoms with Crippen molar-refractivity contribution < 1.29 is 14.3 Å². The molecule has 1 aromatic carbocycles. The highest BCUT2D eigenvalue weighted by molar-refractivity contribution is 5.79. The van der Waals surface area contributed by atoms with Gasteiger partial charge >= 0.3 is 0 Å². The number of nitrogens with one attached hydrogen (secondary N) is 1. The lowest BCUT2D eigenvalue weighted by molar-refractivity contribution is 0.227. The van der Waals surface area contributed by atoms with Crippen molar-refractivity contribution in [2.75, 3.05) is 13.7 Å². The van der Waals surface area contributed by atoms with Crippen molar-refractivity contribution >= 4 is 11.0 Å². The molecule has 0 radical (unpaired) electrons. The minimum atomic E-state index is -0.0589. The largest absolute Gasteiger partial charge is 0.497 e. The molecule has 0 bridgehead atoms. The quantitative estimate of drug-likeness (QED) is 0.849. The Hall–Kier alpha value is -1.52. The Bertz CT molecular complexity index is 557. The first-order valence-electron chi connectivity index (χ1n) is 6.17. The molecule has 2 aromatic rings. The van der Waals surface area contributed by atoms with Gasteiger partial charge in [0.05, 0.1) is 20.3 Å². The van der Waals surface area contributed by atoms with Crippen molar-refractivity contribution in [1.29, 1.82) is 0 Å². The van der Waals surface area contributed by atoms with Crippen LogP contribution in [-0.2, 0) is 6.54 Å². The molecule has 0 aliphatic heterocycles. The highest BCUT2D eigenvalue weighted by atomic mass is 16.5. The van der Waals surface area contributed by atoms with E-state index in [1.807, 2.05) is 24.3 Å². The zero-order valence-corrected chi connectivity index (χ0v) is 10.4. The van der Waals surface area contributed by atoms with Gasteiger partial charge in [-0.15, -0.1) is 0 Å². The third-order valence-corrected chi connectivity index (χ3v) is 3.57. The number of aliphatic hydroxyl groups is 1. The van der Waals surface area contributed by atoms with E-state index in [0.717, 1.165) is 35.3 Å². The van der Waals surface area contributed by atoms with Crippen LogP contribution in [0.1, 0.15) is 18.6 Å². The first-order chi connectivity index (χ1) is 8.74. The number of furan rings is 1. The van der Waals surface area contributed by atoms with Gasteiger partial charge in [0.1, 0.15) is 17.1 Å². The van der Waals surface area contributed by atoms with E-state index < -0.39 is 0 Å². The molecule has 1 heterocycles. The number of aliphatic hydroxyl groups excluding tert-OH is 1. The van der Waals surface area contributed by atoms with Gasteiger partial charge in [-0.1, -0.05) is 0 Å². The van der Waals surface area contributed by atoms with Gasteiger partial charge < -0.3 is 19.6 Å².